The Bertz CT molecular complexity index is 903. The molecule has 26 heavy (non-hydrogen) atoms. The lowest BCUT2D eigenvalue weighted by molar-refractivity contribution is 0.0598. The zero-order valence-corrected chi connectivity index (χ0v) is 15.6. The molecule has 0 fully saturated rings. The van der Waals surface area contributed by atoms with Crippen LogP contribution in [0.25, 0.3) is 11.4 Å². The summed E-state index contributed by atoms with van der Waals surface area (Å²) in [6.07, 6.45) is 1.48. The molecular formula is C18H19N3O4S. The predicted octanol–water partition coefficient (Wildman–Crippen LogP) is 3.65. The number of carbonyl (C=O) groups is 1. The lowest BCUT2D eigenvalue weighted by atomic mass is 10.2. The molecular weight excluding hydrogens is 354 g/mol. The first kappa shape index (κ1) is 18.1. The van der Waals surface area contributed by atoms with Crippen molar-refractivity contribution in [3.05, 3.63) is 47.9 Å². The Morgan fingerprint density at radius 2 is 2.04 bits per heavy atom. The minimum Gasteiger partial charge on any atom is -0.496 e. The summed E-state index contributed by atoms with van der Waals surface area (Å²) in [7, 11) is 2.98. The number of thioether (sulfide) groups is 1. The number of hydrogen-bond donors (Lipinski definition) is 0. The van der Waals surface area contributed by atoms with Gasteiger partial charge in [0.15, 0.2) is 11.0 Å². The van der Waals surface area contributed by atoms with Gasteiger partial charge in [-0.3, -0.25) is 0 Å². The molecule has 8 heteroatoms. The van der Waals surface area contributed by atoms with Gasteiger partial charge in [-0.2, -0.15) is 0 Å². The van der Waals surface area contributed by atoms with Crippen LogP contribution < -0.4 is 4.74 Å². The quantitative estimate of drug-likeness (QED) is 0.462. The molecule has 7 nitrogen and oxygen atoms in total. The van der Waals surface area contributed by atoms with E-state index >= 15 is 0 Å². The van der Waals surface area contributed by atoms with Crippen LogP contribution in [0.15, 0.2) is 46.2 Å². The second-order valence-electron chi connectivity index (χ2n) is 5.29. The van der Waals surface area contributed by atoms with E-state index in [4.69, 9.17) is 13.9 Å². The maximum absolute atomic E-state index is 11.8. The maximum atomic E-state index is 11.8. The Balaban J connectivity index is 1.86. The van der Waals surface area contributed by atoms with E-state index in [9.17, 15) is 4.79 Å². The summed E-state index contributed by atoms with van der Waals surface area (Å²) in [4.78, 5) is 11.8. The lowest BCUT2D eigenvalue weighted by Crippen LogP contribution is -2.03. The third-order valence-electron chi connectivity index (χ3n) is 3.86. The average molecular weight is 373 g/mol. The van der Waals surface area contributed by atoms with Crippen LogP contribution >= 0.6 is 11.8 Å². The summed E-state index contributed by atoms with van der Waals surface area (Å²) in [5, 5.41) is 9.36. The van der Waals surface area contributed by atoms with Gasteiger partial charge in [0.1, 0.15) is 17.1 Å². The summed E-state index contributed by atoms with van der Waals surface area (Å²) in [5.41, 5.74) is 1.30. The van der Waals surface area contributed by atoms with Gasteiger partial charge in [-0.15, -0.1) is 10.2 Å². The predicted molar refractivity (Wildman–Crippen MR) is 97.3 cm³/mol. The van der Waals surface area contributed by atoms with Crippen LogP contribution in [0, 0.1) is 0 Å². The molecule has 0 atom stereocenters. The van der Waals surface area contributed by atoms with E-state index in [-0.39, 0.29) is 0 Å². The average Bonchev–Trinajstić information content (AvgIpc) is 3.31. The van der Waals surface area contributed by atoms with Crippen LogP contribution in [0.4, 0.5) is 0 Å². The molecule has 136 valence electrons. The monoisotopic (exact) mass is 373 g/mol. The maximum Gasteiger partial charge on any atom is 0.341 e. The van der Waals surface area contributed by atoms with Gasteiger partial charge in [-0.05, 0) is 25.1 Å². The third-order valence-corrected chi connectivity index (χ3v) is 4.83. The fraction of sp³-hybridized carbons (Fsp3) is 0.278. The molecule has 0 spiro atoms. The number of ether oxygens (including phenoxy) is 2. The SMILES string of the molecule is CCn1c(SCc2occc2C(=O)OC)nnc1-c1ccccc1OC. The van der Waals surface area contributed by atoms with E-state index < -0.39 is 5.97 Å². The molecule has 0 aliphatic heterocycles. The molecule has 3 rings (SSSR count). The lowest BCUT2D eigenvalue weighted by Gasteiger charge is -2.10. The summed E-state index contributed by atoms with van der Waals surface area (Å²) >= 11 is 1.45. The van der Waals surface area contributed by atoms with Crippen molar-refractivity contribution in [2.75, 3.05) is 14.2 Å². The molecule has 0 bridgehead atoms. The highest BCUT2D eigenvalue weighted by atomic mass is 32.2. The van der Waals surface area contributed by atoms with Crippen molar-refractivity contribution >= 4 is 17.7 Å². The summed E-state index contributed by atoms with van der Waals surface area (Å²) in [5.74, 6) is 2.05. The molecule has 0 unspecified atom stereocenters. The first-order valence-electron chi connectivity index (χ1n) is 8.03. The van der Waals surface area contributed by atoms with Crippen molar-refractivity contribution in [1.29, 1.82) is 0 Å². The largest absolute Gasteiger partial charge is 0.496 e. The number of benzene rings is 1. The Morgan fingerprint density at radius 1 is 1.23 bits per heavy atom. The molecule has 2 heterocycles. The highest BCUT2D eigenvalue weighted by molar-refractivity contribution is 7.98. The fourth-order valence-corrected chi connectivity index (χ4v) is 3.54. The molecule has 3 aromatic rings. The van der Waals surface area contributed by atoms with Crippen molar-refractivity contribution in [3.8, 4) is 17.1 Å². The van der Waals surface area contributed by atoms with Crippen molar-refractivity contribution in [1.82, 2.24) is 14.8 Å². The van der Waals surface area contributed by atoms with E-state index in [1.54, 1.807) is 13.2 Å². The number of aromatic nitrogens is 3. The van der Waals surface area contributed by atoms with Crippen molar-refractivity contribution < 1.29 is 18.7 Å². The van der Waals surface area contributed by atoms with Gasteiger partial charge >= 0.3 is 5.97 Å². The number of furan rings is 1. The van der Waals surface area contributed by atoms with Gasteiger partial charge in [0.2, 0.25) is 0 Å². The van der Waals surface area contributed by atoms with Crippen LogP contribution in [0.2, 0.25) is 0 Å². The van der Waals surface area contributed by atoms with E-state index in [2.05, 4.69) is 10.2 Å². The van der Waals surface area contributed by atoms with Crippen LogP contribution in [0.3, 0.4) is 0 Å². The Labute approximate surface area is 155 Å². The normalized spacial score (nSPS) is 10.7. The van der Waals surface area contributed by atoms with Crippen LogP contribution in [0.1, 0.15) is 23.0 Å². The molecule has 0 saturated heterocycles. The van der Waals surface area contributed by atoms with E-state index in [1.807, 2.05) is 35.8 Å². The molecule has 1 aromatic carbocycles. The van der Waals surface area contributed by atoms with Crippen molar-refractivity contribution in [3.63, 3.8) is 0 Å². The molecule has 0 aliphatic rings. The number of methoxy groups -OCH3 is 2. The summed E-state index contributed by atoms with van der Waals surface area (Å²) < 4.78 is 17.6. The summed E-state index contributed by atoms with van der Waals surface area (Å²) in [6, 6.07) is 9.29. The van der Waals surface area contributed by atoms with Gasteiger partial charge < -0.3 is 18.5 Å². The molecule has 0 amide bonds. The van der Waals surface area contributed by atoms with Gasteiger partial charge in [0.25, 0.3) is 0 Å². The number of esters is 1. The minimum atomic E-state index is -0.416. The molecule has 0 N–H and O–H groups in total. The number of hydrogen-bond acceptors (Lipinski definition) is 7. The molecule has 2 aromatic heterocycles. The minimum absolute atomic E-state index is 0.416. The molecule has 0 aliphatic carbocycles. The Hall–Kier alpha value is -2.74. The highest BCUT2D eigenvalue weighted by Gasteiger charge is 2.19. The van der Waals surface area contributed by atoms with Crippen LogP contribution in [-0.2, 0) is 17.0 Å². The van der Waals surface area contributed by atoms with E-state index in [1.165, 1.54) is 25.1 Å². The fourth-order valence-electron chi connectivity index (χ4n) is 2.58. The zero-order valence-electron chi connectivity index (χ0n) is 14.8. The van der Waals surface area contributed by atoms with Crippen LogP contribution in [0.5, 0.6) is 5.75 Å². The second kappa shape index (κ2) is 8.09. The number of carbonyl (C=O) groups excluding carboxylic acids is 1. The molecule has 0 saturated carbocycles. The first-order chi connectivity index (χ1) is 12.7. The molecule has 0 radical (unpaired) electrons. The van der Waals surface area contributed by atoms with E-state index in [0.29, 0.717) is 23.6 Å². The van der Waals surface area contributed by atoms with Gasteiger partial charge in [-0.25, -0.2) is 4.79 Å². The summed E-state index contributed by atoms with van der Waals surface area (Å²) in [6.45, 7) is 2.73. The number of para-hydroxylation sites is 1. The van der Waals surface area contributed by atoms with Crippen molar-refractivity contribution in [2.24, 2.45) is 0 Å². The standard InChI is InChI=1S/C18H19N3O4S/c1-4-21-16(12-7-5-6-8-14(12)23-2)19-20-18(21)26-11-15-13(9-10-25-15)17(22)24-3/h5-10H,4,11H2,1-3H3. The Kier molecular flexibility index (Phi) is 5.62. The highest BCUT2D eigenvalue weighted by Crippen LogP contribution is 2.32. The second-order valence-corrected chi connectivity index (χ2v) is 6.23. The topological polar surface area (TPSA) is 79.4 Å². The van der Waals surface area contributed by atoms with Gasteiger partial charge in [0, 0.05) is 6.54 Å². The number of nitrogens with zero attached hydrogens (tertiary/aromatic N) is 3. The smallest absolute Gasteiger partial charge is 0.341 e. The third kappa shape index (κ3) is 3.45. The van der Waals surface area contributed by atoms with E-state index in [0.717, 1.165) is 22.3 Å². The zero-order chi connectivity index (χ0) is 18.5. The number of rotatable bonds is 7. The first-order valence-corrected chi connectivity index (χ1v) is 9.02. The van der Waals surface area contributed by atoms with Gasteiger partial charge in [0.05, 0.1) is 31.8 Å². The van der Waals surface area contributed by atoms with Crippen molar-refractivity contribution in [2.45, 2.75) is 24.4 Å². The van der Waals surface area contributed by atoms with Crippen LogP contribution in [-0.4, -0.2) is 35.0 Å². The Morgan fingerprint density at radius 3 is 2.77 bits per heavy atom. The van der Waals surface area contributed by atoms with Gasteiger partial charge in [-0.1, -0.05) is 23.9 Å².